The fourth-order valence-electron chi connectivity index (χ4n) is 8.70. The van der Waals surface area contributed by atoms with Crippen molar-refractivity contribution < 1.29 is 17.6 Å². The molecule has 3 heterocycles. The Morgan fingerprint density at radius 1 is 0.957 bits per heavy atom. The molecule has 242 valence electrons. The summed E-state index contributed by atoms with van der Waals surface area (Å²) < 4.78 is 40.3. The molecule has 3 atom stereocenters. The van der Waals surface area contributed by atoms with Crippen LogP contribution in [0.2, 0.25) is 0 Å². The van der Waals surface area contributed by atoms with Gasteiger partial charge in [0.05, 0.1) is 21.5 Å². The van der Waals surface area contributed by atoms with E-state index in [0.717, 1.165) is 68.9 Å². The van der Waals surface area contributed by atoms with Crippen molar-refractivity contribution in [3.05, 3.63) is 95.6 Å². The Bertz CT molecular complexity index is 1840. The highest BCUT2D eigenvalue weighted by Gasteiger charge is 2.44. The quantitative estimate of drug-likeness (QED) is 0.245. The van der Waals surface area contributed by atoms with Crippen LogP contribution in [0.25, 0.3) is 11.0 Å². The number of hydrogen-bond acceptors (Lipinski definition) is 5. The third-order valence-corrected chi connectivity index (χ3v) is 11.9. The van der Waals surface area contributed by atoms with Crippen LogP contribution in [0.3, 0.4) is 0 Å². The summed E-state index contributed by atoms with van der Waals surface area (Å²) >= 11 is 0. The SMILES string of the molecule is Cc1nc2ccccc2n1C1C[C@H]2CC[C@@H](C1)N2CCC1(c2ccccc2)CCC(NC(=O)c2ccc(S(N)(=O)=O)cc2F)CC1. The monoisotopic (exact) mass is 643 g/mol. The molecule has 46 heavy (non-hydrogen) atoms. The molecular weight excluding hydrogens is 601 g/mol. The molecule has 2 saturated heterocycles. The number of nitrogens with one attached hydrogen (secondary N) is 1. The van der Waals surface area contributed by atoms with Gasteiger partial charge in [-0.05, 0) is 113 Å². The normalized spacial score (nSPS) is 26.8. The van der Waals surface area contributed by atoms with Gasteiger partial charge in [-0.3, -0.25) is 9.69 Å². The fourth-order valence-corrected chi connectivity index (χ4v) is 9.23. The van der Waals surface area contributed by atoms with Gasteiger partial charge >= 0.3 is 0 Å². The van der Waals surface area contributed by atoms with E-state index >= 15 is 0 Å². The number of hydrogen-bond donors (Lipinski definition) is 2. The second-order valence-electron chi connectivity index (χ2n) is 13.6. The molecule has 2 bridgehead atoms. The lowest BCUT2D eigenvalue weighted by molar-refractivity contribution is 0.0849. The average molecular weight is 644 g/mol. The lowest BCUT2D eigenvalue weighted by Crippen LogP contribution is -2.47. The number of aryl methyl sites for hydroxylation is 1. The van der Waals surface area contributed by atoms with E-state index in [1.165, 1.54) is 36.1 Å². The number of nitrogens with two attached hydrogens (primary N) is 1. The Hall–Kier alpha value is -3.60. The first kappa shape index (κ1) is 31.0. The molecule has 3 aliphatic rings. The minimum Gasteiger partial charge on any atom is -0.349 e. The van der Waals surface area contributed by atoms with Crippen LogP contribution < -0.4 is 10.5 Å². The molecule has 3 aromatic carbocycles. The zero-order valence-corrected chi connectivity index (χ0v) is 27.1. The fraction of sp³-hybridized carbons (Fsp3) is 0.444. The molecule has 3 fully saturated rings. The largest absolute Gasteiger partial charge is 0.349 e. The second kappa shape index (κ2) is 12.2. The Kier molecular flexibility index (Phi) is 8.23. The maximum absolute atomic E-state index is 14.7. The Morgan fingerprint density at radius 3 is 2.30 bits per heavy atom. The molecule has 3 N–H and O–H groups in total. The van der Waals surface area contributed by atoms with Crippen LogP contribution in [-0.2, 0) is 15.4 Å². The maximum Gasteiger partial charge on any atom is 0.254 e. The van der Waals surface area contributed by atoms with Crippen LogP contribution >= 0.6 is 0 Å². The number of imidazole rings is 1. The summed E-state index contributed by atoms with van der Waals surface area (Å²) in [5.74, 6) is -0.321. The van der Waals surface area contributed by atoms with Crippen molar-refractivity contribution in [2.75, 3.05) is 6.54 Å². The van der Waals surface area contributed by atoms with E-state index < -0.39 is 21.7 Å². The minimum atomic E-state index is -4.05. The molecule has 2 aliphatic heterocycles. The molecule has 1 amide bonds. The van der Waals surface area contributed by atoms with Crippen molar-refractivity contribution >= 4 is 27.0 Å². The molecule has 4 aromatic rings. The third kappa shape index (κ3) is 5.87. The number of benzene rings is 3. The number of fused-ring (bicyclic) bond motifs is 3. The first-order chi connectivity index (χ1) is 22.1. The van der Waals surface area contributed by atoms with E-state index in [1.807, 2.05) is 0 Å². The number of primary sulfonamides is 1. The molecule has 0 spiro atoms. The van der Waals surface area contributed by atoms with Crippen LogP contribution in [0.15, 0.2) is 77.7 Å². The summed E-state index contributed by atoms with van der Waals surface area (Å²) in [6, 6.07) is 24.0. The Labute approximate surface area is 270 Å². The number of aromatic nitrogens is 2. The molecular formula is C36H42FN5O3S. The molecule has 1 saturated carbocycles. The van der Waals surface area contributed by atoms with Crippen molar-refractivity contribution in [3.63, 3.8) is 0 Å². The predicted molar refractivity (Wildman–Crippen MR) is 176 cm³/mol. The average Bonchev–Trinajstić information content (AvgIpc) is 3.50. The van der Waals surface area contributed by atoms with Crippen molar-refractivity contribution in [1.82, 2.24) is 19.8 Å². The number of sulfonamides is 1. The van der Waals surface area contributed by atoms with Crippen molar-refractivity contribution in [1.29, 1.82) is 0 Å². The number of rotatable bonds is 8. The van der Waals surface area contributed by atoms with Gasteiger partial charge in [0.15, 0.2) is 0 Å². The van der Waals surface area contributed by atoms with Gasteiger partial charge in [-0.25, -0.2) is 22.9 Å². The van der Waals surface area contributed by atoms with E-state index in [9.17, 15) is 17.6 Å². The molecule has 0 radical (unpaired) electrons. The first-order valence-electron chi connectivity index (χ1n) is 16.5. The van der Waals surface area contributed by atoms with Crippen LogP contribution in [-0.4, -0.2) is 53.4 Å². The third-order valence-electron chi connectivity index (χ3n) is 11.0. The number of piperidine rings is 1. The zero-order valence-electron chi connectivity index (χ0n) is 26.2. The van der Waals surface area contributed by atoms with Gasteiger partial charge in [0.25, 0.3) is 5.91 Å². The van der Waals surface area contributed by atoms with Gasteiger partial charge < -0.3 is 9.88 Å². The summed E-state index contributed by atoms with van der Waals surface area (Å²) in [6.07, 6.45) is 9.30. The highest BCUT2D eigenvalue weighted by Crippen LogP contribution is 2.46. The van der Waals surface area contributed by atoms with Crippen molar-refractivity contribution in [3.8, 4) is 0 Å². The molecule has 1 unspecified atom stereocenters. The van der Waals surface area contributed by atoms with Gasteiger partial charge in [-0.15, -0.1) is 0 Å². The number of amides is 1. The van der Waals surface area contributed by atoms with E-state index in [1.54, 1.807) is 0 Å². The Balaban J connectivity index is 1.02. The first-order valence-corrected chi connectivity index (χ1v) is 18.0. The van der Waals surface area contributed by atoms with Gasteiger partial charge in [0, 0.05) is 24.2 Å². The number of para-hydroxylation sites is 2. The summed E-state index contributed by atoms with van der Waals surface area (Å²) in [5, 5.41) is 8.12. The molecule has 7 rings (SSSR count). The van der Waals surface area contributed by atoms with Gasteiger partial charge in [0.1, 0.15) is 11.6 Å². The van der Waals surface area contributed by atoms with Crippen molar-refractivity contribution in [2.45, 2.75) is 99.2 Å². The minimum absolute atomic E-state index is 0.0122. The maximum atomic E-state index is 14.7. The molecule has 8 nitrogen and oxygen atoms in total. The number of carbonyl (C=O) groups is 1. The molecule has 10 heteroatoms. The standard InChI is InChI=1S/C36H42FN5O3S/c1-24-39-33-9-5-6-10-34(33)42(24)29-21-27-11-12-28(22-29)41(27)20-19-36(25-7-3-2-4-8-25)17-15-26(16-18-36)40-35(43)31-14-13-30(23-32(31)37)46(38,44)45/h2-10,13-14,23,26-29H,11-12,15-22H2,1H3,(H,40,43)(H2,38,44,45)/t26?,27-,28+,29?,36?. The molecule has 1 aromatic heterocycles. The lowest BCUT2D eigenvalue weighted by atomic mass is 9.66. The lowest BCUT2D eigenvalue weighted by Gasteiger charge is -2.45. The van der Waals surface area contributed by atoms with E-state index in [-0.39, 0.29) is 21.9 Å². The van der Waals surface area contributed by atoms with Crippen molar-refractivity contribution in [2.24, 2.45) is 5.14 Å². The van der Waals surface area contributed by atoms with Crippen LogP contribution in [0.1, 0.15) is 85.6 Å². The summed E-state index contributed by atoms with van der Waals surface area (Å²) in [7, 11) is -4.05. The smallest absolute Gasteiger partial charge is 0.254 e. The summed E-state index contributed by atoms with van der Waals surface area (Å²) in [5.41, 5.74) is 3.51. The number of carbonyl (C=O) groups excluding carboxylic acids is 1. The van der Waals surface area contributed by atoms with E-state index in [0.29, 0.717) is 18.1 Å². The van der Waals surface area contributed by atoms with Crippen LogP contribution in [0.4, 0.5) is 4.39 Å². The summed E-state index contributed by atoms with van der Waals surface area (Å²) in [4.78, 5) is 20.3. The Morgan fingerprint density at radius 2 is 1.63 bits per heavy atom. The van der Waals surface area contributed by atoms with E-state index in [2.05, 4.69) is 76.3 Å². The second-order valence-corrected chi connectivity index (χ2v) is 15.2. The summed E-state index contributed by atoms with van der Waals surface area (Å²) in [6.45, 7) is 3.19. The van der Waals surface area contributed by atoms with E-state index in [4.69, 9.17) is 10.1 Å². The topological polar surface area (TPSA) is 110 Å². The molecule has 1 aliphatic carbocycles. The highest BCUT2D eigenvalue weighted by molar-refractivity contribution is 7.89. The highest BCUT2D eigenvalue weighted by atomic mass is 32.2. The number of halogens is 1. The number of nitrogens with zero attached hydrogens (tertiary/aromatic N) is 3. The predicted octanol–water partition coefficient (Wildman–Crippen LogP) is 6.00. The zero-order chi connectivity index (χ0) is 32.1. The van der Waals surface area contributed by atoms with Gasteiger partial charge in [0.2, 0.25) is 10.0 Å². The van der Waals surface area contributed by atoms with Crippen LogP contribution in [0.5, 0.6) is 0 Å². The van der Waals surface area contributed by atoms with Gasteiger partial charge in [-0.2, -0.15) is 0 Å². The van der Waals surface area contributed by atoms with Gasteiger partial charge in [-0.1, -0.05) is 42.5 Å². The van der Waals surface area contributed by atoms with Crippen LogP contribution in [0, 0.1) is 12.7 Å².